The van der Waals surface area contributed by atoms with Gasteiger partial charge in [-0.05, 0) is 49.5 Å². The van der Waals surface area contributed by atoms with Gasteiger partial charge in [0.25, 0.3) is 0 Å². The Labute approximate surface area is 123 Å². The SMILES string of the molecule is CC1=CCC(c2c([SiH](C)C)cc(C)c(C(N)=O)c2C)=C1. The molecule has 0 radical (unpaired) electrons. The van der Waals surface area contributed by atoms with E-state index in [9.17, 15) is 4.79 Å². The highest BCUT2D eigenvalue weighted by atomic mass is 28.3. The van der Waals surface area contributed by atoms with Gasteiger partial charge in [-0.15, -0.1) is 0 Å². The standard InChI is InChI=1S/C17H23NOSi/c1-10-6-7-13(8-10)16-12(3)15(17(18)19)11(2)9-14(16)20(4)5/h6,8-9,20H,7H2,1-5H3,(H2,18,19). The van der Waals surface area contributed by atoms with Gasteiger partial charge in [-0.1, -0.05) is 42.1 Å². The number of carbonyl (C=O) groups is 1. The Morgan fingerprint density at radius 3 is 2.35 bits per heavy atom. The van der Waals surface area contributed by atoms with Gasteiger partial charge in [0.1, 0.15) is 0 Å². The van der Waals surface area contributed by atoms with Crippen LogP contribution in [0.3, 0.4) is 0 Å². The van der Waals surface area contributed by atoms with Crippen molar-refractivity contribution >= 4 is 25.5 Å². The van der Waals surface area contributed by atoms with Crippen molar-refractivity contribution in [2.75, 3.05) is 0 Å². The van der Waals surface area contributed by atoms with Crippen LogP contribution in [-0.2, 0) is 0 Å². The van der Waals surface area contributed by atoms with Crippen molar-refractivity contribution < 1.29 is 4.79 Å². The minimum Gasteiger partial charge on any atom is -0.366 e. The molecule has 1 amide bonds. The number of nitrogens with two attached hydrogens (primary N) is 1. The molecule has 0 atom stereocenters. The van der Waals surface area contributed by atoms with Crippen LogP contribution < -0.4 is 10.9 Å². The summed E-state index contributed by atoms with van der Waals surface area (Å²) < 4.78 is 0. The van der Waals surface area contributed by atoms with Crippen molar-refractivity contribution in [1.29, 1.82) is 0 Å². The predicted octanol–water partition coefficient (Wildman–Crippen LogP) is 2.83. The molecule has 2 rings (SSSR count). The normalized spacial score (nSPS) is 14.5. The van der Waals surface area contributed by atoms with Crippen LogP contribution in [0.1, 0.15) is 40.4 Å². The van der Waals surface area contributed by atoms with Crippen LogP contribution in [-0.4, -0.2) is 14.7 Å². The second-order valence-corrected chi connectivity index (χ2v) is 8.93. The van der Waals surface area contributed by atoms with Crippen molar-refractivity contribution in [3.8, 4) is 0 Å². The van der Waals surface area contributed by atoms with Gasteiger partial charge in [0.2, 0.25) is 5.91 Å². The Bertz CT molecular complexity index is 639. The van der Waals surface area contributed by atoms with Crippen LogP contribution in [0.25, 0.3) is 5.57 Å². The van der Waals surface area contributed by atoms with E-state index in [0.29, 0.717) is 5.56 Å². The number of primary amides is 1. The van der Waals surface area contributed by atoms with Crippen molar-refractivity contribution in [3.05, 3.63) is 46.0 Å². The Hall–Kier alpha value is -1.61. The Kier molecular flexibility index (Phi) is 4.00. The van der Waals surface area contributed by atoms with E-state index in [2.05, 4.69) is 38.2 Å². The smallest absolute Gasteiger partial charge is 0.249 e. The Morgan fingerprint density at radius 1 is 1.25 bits per heavy atom. The number of rotatable bonds is 3. The lowest BCUT2D eigenvalue weighted by Crippen LogP contribution is -2.30. The highest BCUT2D eigenvalue weighted by molar-refractivity contribution is 6.71. The van der Waals surface area contributed by atoms with Crippen LogP contribution in [0, 0.1) is 13.8 Å². The number of amides is 1. The fraction of sp³-hybridized carbons (Fsp3) is 0.353. The Balaban J connectivity index is 2.73. The van der Waals surface area contributed by atoms with Gasteiger partial charge < -0.3 is 5.73 Å². The fourth-order valence-electron chi connectivity index (χ4n) is 3.11. The molecule has 2 nitrogen and oxygen atoms in total. The third-order valence-electron chi connectivity index (χ3n) is 4.04. The van der Waals surface area contributed by atoms with Crippen molar-refractivity contribution in [1.82, 2.24) is 0 Å². The van der Waals surface area contributed by atoms with Gasteiger partial charge in [0.05, 0.1) is 8.80 Å². The van der Waals surface area contributed by atoms with E-state index in [-0.39, 0.29) is 5.91 Å². The second-order valence-electron chi connectivity index (χ2n) is 6.00. The molecular weight excluding hydrogens is 262 g/mol. The van der Waals surface area contributed by atoms with Gasteiger partial charge in [0, 0.05) is 5.56 Å². The number of benzene rings is 1. The molecule has 106 valence electrons. The van der Waals surface area contributed by atoms with E-state index >= 15 is 0 Å². The zero-order valence-corrected chi connectivity index (χ0v) is 14.2. The molecule has 2 N–H and O–H groups in total. The second kappa shape index (κ2) is 5.41. The summed E-state index contributed by atoms with van der Waals surface area (Å²) in [6.45, 7) is 10.8. The van der Waals surface area contributed by atoms with E-state index < -0.39 is 8.80 Å². The van der Waals surface area contributed by atoms with Gasteiger partial charge >= 0.3 is 0 Å². The molecular formula is C17H23NOSi. The number of hydrogen-bond donors (Lipinski definition) is 1. The average Bonchev–Trinajstić information content (AvgIpc) is 2.74. The third kappa shape index (κ3) is 2.50. The van der Waals surface area contributed by atoms with Crippen LogP contribution in [0.15, 0.2) is 23.8 Å². The summed E-state index contributed by atoms with van der Waals surface area (Å²) in [5.74, 6) is -0.318. The summed E-state index contributed by atoms with van der Waals surface area (Å²) in [5.41, 5.74) is 12.3. The summed E-state index contributed by atoms with van der Waals surface area (Å²) in [6, 6.07) is 2.19. The number of aryl methyl sites for hydroxylation is 1. The Morgan fingerprint density at radius 2 is 1.90 bits per heavy atom. The largest absolute Gasteiger partial charge is 0.366 e. The number of carbonyl (C=O) groups excluding carboxylic acids is 1. The molecule has 0 unspecified atom stereocenters. The van der Waals surface area contributed by atoms with E-state index in [1.165, 1.54) is 21.9 Å². The monoisotopic (exact) mass is 285 g/mol. The van der Waals surface area contributed by atoms with E-state index in [1.54, 1.807) is 0 Å². The summed E-state index contributed by atoms with van der Waals surface area (Å²) in [6.07, 6.45) is 5.44. The number of hydrogen-bond acceptors (Lipinski definition) is 1. The van der Waals surface area contributed by atoms with E-state index in [0.717, 1.165) is 17.5 Å². The molecule has 1 aliphatic carbocycles. The van der Waals surface area contributed by atoms with Crippen LogP contribution in [0.4, 0.5) is 0 Å². The molecule has 20 heavy (non-hydrogen) atoms. The fourth-order valence-corrected chi connectivity index (χ4v) is 4.68. The average molecular weight is 285 g/mol. The maximum Gasteiger partial charge on any atom is 0.249 e. The maximum absolute atomic E-state index is 11.8. The molecule has 0 heterocycles. The molecule has 0 saturated carbocycles. The lowest BCUT2D eigenvalue weighted by molar-refractivity contribution is 0.0999. The zero-order chi connectivity index (χ0) is 15.0. The number of allylic oxidation sites excluding steroid dienone is 4. The summed E-state index contributed by atoms with van der Waals surface area (Å²) in [7, 11) is -0.969. The van der Waals surface area contributed by atoms with Gasteiger partial charge in [-0.2, -0.15) is 0 Å². The van der Waals surface area contributed by atoms with Crippen LogP contribution in [0.5, 0.6) is 0 Å². The molecule has 3 heteroatoms. The molecule has 1 aromatic carbocycles. The summed E-state index contributed by atoms with van der Waals surface area (Å²) in [4.78, 5) is 11.8. The lowest BCUT2D eigenvalue weighted by atomic mass is 9.92. The third-order valence-corrected chi connectivity index (χ3v) is 5.74. The topological polar surface area (TPSA) is 43.1 Å². The van der Waals surface area contributed by atoms with Gasteiger partial charge in [0.15, 0.2) is 0 Å². The molecule has 1 aromatic rings. The van der Waals surface area contributed by atoms with Crippen molar-refractivity contribution in [2.45, 2.75) is 40.3 Å². The molecule has 0 spiro atoms. The zero-order valence-electron chi connectivity index (χ0n) is 13.0. The molecule has 0 bridgehead atoms. The lowest BCUT2D eigenvalue weighted by Gasteiger charge is -2.20. The highest BCUT2D eigenvalue weighted by Gasteiger charge is 2.21. The minimum atomic E-state index is -0.969. The van der Waals surface area contributed by atoms with Crippen molar-refractivity contribution in [3.63, 3.8) is 0 Å². The quantitative estimate of drug-likeness (QED) is 0.853. The molecule has 0 saturated heterocycles. The molecule has 0 aromatic heterocycles. The van der Waals surface area contributed by atoms with Gasteiger partial charge in [-0.3, -0.25) is 4.79 Å². The van der Waals surface area contributed by atoms with Crippen LogP contribution in [0.2, 0.25) is 13.1 Å². The van der Waals surface area contributed by atoms with Crippen LogP contribution >= 0.6 is 0 Å². The maximum atomic E-state index is 11.8. The van der Waals surface area contributed by atoms with E-state index in [1.807, 2.05) is 13.8 Å². The highest BCUT2D eigenvalue weighted by Crippen LogP contribution is 2.30. The first-order valence-electron chi connectivity index (χ1n) is 7.14. The first-order chi connectivity index (χ1) is 9.32. The summed E-state index contributed by atoms with van der Waals surface area (Å²) in [5, 5.41) is 1.44. The van der Waals surface area contributed by atoms with Crippen molar-refractivity contribution in [2.24, 2.45) is 5.73 Å². The first kappa shape index (κ1) is 14.8. The summed E-state index contributed by atoms with van der Waals surface area (Å²) >= 11 is 0. The van der Waals surface area contributed by atoms with E-state index in [4.69, 9.17) is 5.73 Å². The first-order valence-corrected chi connectivity index (χ1v) is 10.0. The molecule has 1 aliphatic rings. The molecule has 0 fully saturated rings. The molecule has 0 aliphatic heterocycles. The predicted molar refractivity (Wildman–Crippen MR) is 89.3 cm³/mol. The minimum absolute atomic E-state index is 0.318. The van der Waals surface area contributed by atoms with Gasteiger partial charge in [-0.25, -0.2) is 0 Å².